The maximum Gasteiger partial charge on any atom is 0.339 e. The number of hydrogen-bond donors (Lipinski definition) is 1. The summed E-state index contributed by atoms with van der Waals surface area (Å²) in [6.45, 7) is 1.88. The molecule has 0 aliphatic carbocycles. The van der Waals surface area contributed by atoms with E-state index in [-0.39, 0.29) is 10.6 Å². The fourth-order valence-corrected chi connectivity index (χ4v) is 3.34. The molecule has 3 aromatic rings. The van der Waals surface area contributed by atoms with E-state index in [2.05, 4.69) is 10.5 Å². The van der Waals surface area contributed by atoms with E-state index < -0.39 is 10.1 Å². The highest BCUT2D eigenvalue weighted by molar-refractivity contribution is 7.87. The molecule has 0 fully saturated rings. The monoisotopic (exact) mass is 396 g/mol. The Morgan fingerprint density at radius 2 is 1.64 bits per heavy atom. The lowest BCUT2D eigenvalue weighted by atomic mass is 10.2. The lowest BCUT2D eigenvalue weighted by Crippen LogP contribution is -2.10. The fraction of sp³-hybridized carbons (Fsp3) is 0.0952. The molecule has 0 heterocycles. The van der Waals surface area contributed by atoms with Crippen LogP contribution in [0.1, 0.15) is 11.1 Å². The molecule has 0 radical (unpaired) electrons. The van der Waals surface area contributed by atoms with Gasteiger partial charge in [-0.05, 0) is 55.0 Å². The van der Waals surface area contributed by atoms with Crippen molar-refractivity contribution in [1.82, 2.24) is 0 Å². The van der Waals surface area contributed by atoms with Gasteiger partial charge in [-0.1, -0.05) is 35.9 Å². The van der Waals surface area contributed by atoms with Gasteiger partial charge in [0.1, 0.15) is 4.90 Å². The Morgan fingerprint density at radius 3 is 2.32 bits per heavy atom. The largest absolute Gasteiger partial charge is 0.493 e. The summed E-state index contributed by atoms with van der Waals surface area (Å²) in [5.74, 6) is 0.399. The number of benzene rings is 3. The number of rotatable bonds is 7. The van der Waals surface area contributed by atoms with E-state index in [1.807, 2.05) is 37.3 Å². The van der Waals surface area contributed by atoms with Crippen LogP contribution < -0.4 is 14.3 Å². The quantitative estimate of drug-likeness (QED) is 0.368. The predicted octanol–water partition coefficient (Wildman–Crippen LogP) is 4.22. The highest BCUT2D eigenvalue weighted by Gasteiger charge is 2.19. The van der Waals surface area contributed by atoms with E-state index in [4.69, 9.17) is 8.92 Å². The molecule has 0 unspecified atom stereocenters. The fourth-order valence-electron chi connectivity index (χ4n) is 2.40. The normalized spacial score (nSPS) is 11.4. The Hall–Kier alpha value is -3.32. The summed E-state index contributed by atoms with van der Waals surface area (Å²) in [5.41, 5.74) is 5.45. The molecule has 1 N–H and O–H groups in total. The number of nitrogens with zero attached hydrogens (tertiary/aromatic N) is 1. The second kappa shape index (κ2) is 8.58. The summed E-state index contributed by atoms with van der Waals surface area (Å²) < 4.78 is 35.5. The van der Waals surface area contributed by atoms with Gasteiger partial charge in [0.05, 0.1) is 19.0 Å². The zero-order chi connectivity index (χ0) is 20.0. The smallest absolute Gasteiger partial charge is 0.339 e. The van der Waals surface area contributed by atoms with Crippen LogP contribution in [0.5, 0.6) is 11.5 Å². The highest BCUT2D eigenvalue weighted by atomic mass is 32.2. The SMILES string of the molecule is COc1cc(/C=N/Nc2ccccc2)ccc1OS(=O)(=O)c1ccc(C)cc1. The van der Waals surface area contributed by atoms with Crippen molar-refractivity contribution in [3.05, 3.63) is 83.9 Å². The maximum atomic E-state index is 12.5. The number of aryl methyl sites for hydroxylation is 1. The van der Waals surface area contributed by atoms with Crippen LogP contribution in [0.15, 0.2) is 82.8 Å². The first-order valence-corrected chi connectivity index (χ1v) is 9.92. The number of anilines is 1. The van der Waals surface area contributed by atoms with Crippen LogP contribution in [0.2, 0.25) is 0 Å². The number of nitrogens with one attached hydrogen (secondary N) is 1. The van der Waals surface area contributed by atoms with E-state index in [1.54, 1.807) is 30.5 Å². The second-order valence-electron chi connectivity index (χ2n) is 6.00. The standard InChI is InChI=1S/C21H20N2O4S/c1-16-8-11-19(12-9-16)28(24,25)27-20-13-10-17(14-21(20)26-2)15-22-23-18-6-4-3-5-7-18/h3-15,23H,1-2H3/b22-15+. The van der Waals surface area contributed by atoms with Crippen LogP contribution in [0.4, 0.5) is 5.69 Å². The van der Waals surface area contributed by atoms with Gasteiger partial charge in [-0.3, -0.25) is 5.43 Å². The molecule has 3 rings (SSSR count). The minimum atomic E-state index is -3.95. The minimum absolute atomic E-state index is 0.0813. The van der Waals surface area contributed by atoms with Crippen molar-refractivity contribution in [1.29, 1.82) is 0 Å². The maximum absolute atomic E-state index is 12.5. The zero-order valence-corrected chi connectivity index (χ0v) is 16.3. The van der Waals surface area contributed by atoms with E-state index in [9.17, 15) is 8.42 Å². The molecule has 28 heavy (non-hydrogen) atoms. The predicted molar refractivity (Wildman–Crippen MR) is 110 cm³/mol. The second-order valence-corrected chi connectivity index (χ2v) is 7.54. The van der Waals surface area contributed by atoms with Gasteiger partial charge >= 0.3 is 10.1 Å². The van der Waals surface area contributed by atoms with Crippen molar-refractivity contribution in [3.63, 3.8) is 0 Å². The number of ether oxygens (including phenoxy) is 1. The lowest BCUT2D eigenvalue weighted by molar-refractivity contribution is 0.390. The number of hydrogen-bond acceptors (Lipinski definition) is 6. The Balaban J connectivity index is 1.76. The minimum Gasteiger partial charge on any atom is -0.493 e. The van der Waals surface area contributed by atoms with Gasteiger partial charge in [0, 0.05) is 0 Å². The third-order valence-corrected chi connectivity index (χ3v) is 5.13. The summed E-state index contributed by atoms with van der Waals surface area (Å²) in [4.78, 5) is 0.0813. The van der Waals surface area contributed by atoms with Crippen molar-refractivity contribution in [2.75, 3.05) is 12.5 Å². The van der Waals surface area contributed by atoms with Gasteiger partial charge in [0.25, 0.3) is 0 Å². The molecule has 0 bridgehead atoms. The first-order valence-electron chi connectivity index (χ1n) is 8.51. The molecule has 0 atom stereocenters. The van der Waals surface area contributed by atoms with Crippen LogP contribution in [-0.4, -0.2) is 21.7 Å². The first-order chi connectivity index (χ1) is 13.5. The summed E-state index contributed by atoms with van der Waals surface area (Å²) in [6.07, 6.45) is 1.60. The molecule has 0 saturated heterocycles. The summed E-state index contributed by atoms with van der Waals surface area (Å²) >= 11 is 0. The topological polar surface area (TPSA) is 77.0 Å². The molecule has 0 aromatic heterocycles. The van der Waals surface area contributed by atoms with Crippen molar-refractivity contribution in [2.45, 2.75) is 11.8 Å². The summed E-state index contributed by atoms with van der Waals surface area (Å²) in [5, 5.41) is 4.16. The number of para-hydroxylation sites is 1. The van der Waals surface area contributed by atoms with Gasteiger partial charge in [-0.2, -0.15) is 13.5 Å². The lowest BCUT2D eigenvalue weighted by Gasteiger charge is -2.11. The highest BCUT2D eigenvalue weighted by Crippen LogP contribution is 2.30. The van der Waals surface area contributed by atoms with Gasteiger partial charge in [0.2, 0.25) is 0 Å². The van der Waals surface area contributed by atoms with Crippen LogP contribution in [0.25, 0.3) is 0 Å². The van der Waals surface area contributed by atoms with Crippen molar-refractivity contribution < 1.29 is 17.3 Å². The van der Waals surface area contributed by atoms with E-state index in [1.165, 1.54) is 25.3 Å². The first kappa shape index (κ1) is 19.4. The molecular weight excluding hydrogens is 376 g/mol. The molecule has 0 amide bonds. The molecule has 6 nitrogen and oxygen atoms in total. The van der Waals surface area contributed by atoms with Crippen LogP contribution >= 0.6 is 0 Å². The van der Waals surface area contributed by atoms with Gasteiger partial charge < -0.3 is 8.92 Å². The third kappa shape index (κ3) is 4.89. The van der Waals surface area contributed by atoms with Gasteiger partial charge in [-0.15, -0.1) is 0 Å². The van der Waals surface area contributed by atoms with Crippen LogP contribution in [0.3, 0.4) is 0 Å². The molecule has 3 aromatic carbocycles. The average molecular weight is 396 g/mol. The Kier molecular flexibility index (Phi) is 5.96. The Labute approximate surface area is 164 Å². The number of hydrazone groups is 1. The van der Waals surface area contributed by atoms with Gasteiger partial charge in [0.15, 0.2) is 11.5 Å². The molecule has 7 heteroatoms. The molecule has 0 aliphatic rings. The van der Waals surface area contributed by atoms with E-state index >= 15 is 0 Å². The van der Waals surface area contributed by atoms with Crippen molar-refractivity contribution in [2.24, 2.45) is 5.10 Å². The average Bonchev–Trinajstić information content (AvgIpc) is 2.70. The Bertz CT molecular complexity index is 1060. The van der Waals surface area contributed by atoms with Crippen LogP contribution in [0, 0.1) is 6.92 Å². The molecule has 0 aliphatic heterocycles. The van der Waals surface area contributed by atoms with E-state index in [0.717, 1.165) is 16.8 Å². The molecule has 0 spiro atoms. The summed E-state index contributed by atoms with van der Waals surface area (Å²) in [7, 11) is -2.51. The van der Waals surface area contributed by atoms with Crippen molar-refractivity contribution >= 4 is 22.0 Å². The van der Waals surface area contributed by atoms with Crippen LogP contribution in [-0.2, 0) is 10.1 Å². The zero-order valence-electron chi connectivity index (χ0n) is 15.5. The molecule has 144 valence electrons. The number of methoxy groups -OCH3 is 1. The third-order valence-electron chi connectivity index (χ3n) is 3.88. The van der Waals surface area contributed by atoms with Crippen molar-refractivity contribution in [3.8, 4) is 11.5 Å². The Morgan fingerprint density at radius 1 is 0.929 bits per heavy atom. The van der Waals surface area contributed by atoms with E-state index in [0.29, 0.717) is 5.75 Å². The molecule has 0 saturated carbocycles. The van der Waals surface area contributed by atoms with Gasteiger partial charge in [-0.25, -0.2) is 0 Å². The summed E-state index contributed by atoms with van der Waals surface area (Å²) in [6, 6.07) is 20.8. The molecular formula is C21H20N2O4S.